The van der Waals surface area contributed by atoms with E-state index in [2.05, 4.69) is 25.8 Å². The van der Waals surface area contributed by atoms with Crippen LogP contribution in [-0.4, -0.2) is 20.2 Å². The Labute approximate surface area is 90.8 Å². The molecule has 2 N–H and O–H groups in total. The van der Waals surface area contributed by atoms with Gasteiger partial charge in [-0.1, -0.05) is 0 Å². The number of anilines is 2. The van der Waals surface area contributed by atoms with Gasteiger partial charge in [0.2, 0.25) is 0 Å². The molecule has 82 valence electrons. The summed E-state index contributed by atoms with van der Waals surface area (Å²) < 4.78 is 5.72. The molecule has 0 fully saturated rings. The smallest absolute Gasteiger partial charge is 0.147 e. The van der Waals surface area contributed by atoms with Gasteiger partial charge in [0.1, 0.15) is 12.4 Å². The topological polar surface area (TPSA) is 38.5 Å². The molecule has 1 aromatic rings. The van der Waals surface area contributed by atoms with Crippen molar-refractivity contribution in [1.82, 2.24) is 0 Å². The van der Waals surface area contributed by atoms with Gasteiger partial charge in [-0.2, -0.15) is 0 Å². The summed E-state index contributed by atoms with van der Waals surface area (Å²) in [4.78, 5) is 2.24. The van der Waals surface area contributed by atoms with Crippen LogP contribution in [0, 0.1) is 20.8 Å². The van der Waals surface area contributed by atoms with Gasteiger partial charge in [-0.25, -0.2) is 0 Å². The van der Waals surface area contributed by atoms with Gasteiger partial charge in [-0.05, 0) is 31.9 Å². The second-order valence-electron chi connectivity index (χ2n) is 4.24. The van der Waals surface area contributed by atoms with Crippen LogP contribution in [0.15, 0.2) is 0 Å². The van der Waals surface area contributed by atoms with E-state index in [1.54, 1.807) is 0 Å². The summed E-state index contributed by atoms with van der Waals surface area (Å²) in [5.74, 6) is 0.962. The lowest BCUT2D eigenvalue weighted by Crippen LogP contribution is -2.30. The number of rotatable bonds is 0. The largest absolute Gasteiger partial charge is 0.489 e. The van der Waals surface area contributed by atoms with Crippen molar-refractivity contribution in [2.45, 2.75) is 20.8 Å². The Morgan fingerprint density at radius 1 is 1.13 bits per heavy atom. The van der Waals surface area contributed by atoms with Gasteiger partial charge in [0.05, 0.1) is 12.2 Å². The van der Waals surface area contributed by atoms with Crippen LogP contribution < -0.4 is 15.4 Å². The lowest BCUT2D eigenvalue weighted by molar-refractivity contribution is 0.309. The predicted molar refractivity (Wildman–Crippen MR) is 63.8 cm³/mol. The zero-order valence-corrected chi connectivity index (χ0v) is 9.85. The number of hydrogen-bond acceptors (Lipinski definition) is 3. The summed E-state index contributed by atoms with van der Waals surface area (Å²) in [6.07, 6.45) is 0. The molecular weight excluding hydrogens is 188 g/mol. The minimum Gasteiger partial charge on any atom is -0.489 e. The molecule has 3 nitrogen and oxygen atoms in total. The second-order valence-corrected chi connectivity index (χ2v) is 4.24. The zero-order valence-electron chi connectivity index (χ0n) is 9.85. The molecule has 1 aromatic carbocycles. The van der Waals surface area contributed by atoms with Crippen molar-refractivity contribution in [3.05, 3.63) is 16.7 Å². The number of nitrogens with zero attached hydrogens (tertiary/aromatic N) is 1. The van der Waals surface area contributed by atoms with Crippen LogP contribution in [0.3, 0.4) is 0 Å². The lowest BCUT2D eigenvalue weighted by Gasteiger charge is -2.32. The molecule has 0 unspecified atom stereocenters. The van der Waals surface area contributed by atoms with Crippen LogP contribution in [0.1, 0.15) is 16.7 Å². The molecule has 0 amide bonds. The monoisotopic (exact) mass is 206 g/mol. The molecule has 0 spiro atoms. The van der Waals surface area contributed by atoms with E-state index in [0.717, 1.165) is 30.2 Å². The fourth-order valence-corrected chi connectivity index (χ4v) is 2.16. The molecule has 0 saturated carbocycles. The molecule has 1 heterocycles. The minimum absolute atomic E-state index is 0.742. The van der Waals surface area contributed by atoms with E-state index in [1.165, 1.54) is 16.8 Å². The maximum absolute atomic E-state index is 6.05. The molecule has 15 heavy (non-hydrogen) atoms. The normalized spacial score (nSPS) is 14.8. The molecule has 1 aliphatic rings. The lowest BCUT2D eigenvalue weighted by atomic mass is 9.99. The quantitative estimate of drug-likeness (QED) is 0.660. The zero-order chi connectivity index (χ0) is 11.2. The summed E-state index contributed by atoms with van der Waals surface area (Å²) in [7, 11) is 2.10. The summed E-state index contributed by atoms with van der Waals surface area (Å²) in [5.41, 5.74) is 11.6. The van der Waals surface area contributed by atoms with Crippen molar-refractivity contribution in [3.63, 3.8) is 0 Å². The van der Waals surface area contributed by atoms with Crippen molar-refractivity contribution in [1.29, 1.82) is 0 Å². The molecule has 0 atom stereocenters. The third-order valence-corrected chi connectivity index (χ3v) is 3.34. The average molecular weight is 206 g/mol. The Morgan fingerprint density at radius 2 is 1.80 bits per heavy atom. The maximum atomic E-state index is 6.05. The highest BCUT2D eigenvalue weighted by molar-refractivity contribution is 5.76. The third kappa shape index (κ3) is 1.34. The summed E-state index contributed by atoms with van der Waals surface area (Å²) in [5, 5.41) is 0. The Balaban J connectivity index is 2.74. The summed E-state index contributed by atoms with van der Waals surface area (Å²) in [6.45, 7) is 7.89. The Kier molecular flexibility index (Phi) is 2.25. The van der Waals surface area contributed by atoms with Crippen molar-refractivity contribution in [2.24, 2.45) is 0 Å². The molecule has 2 rings (SSSR count). The second kappa shape index (κ2) is 3.33. The van der Waals surface area contributed by atoms with Crippen LogP contribution in [-0.2, 0) is 0 Å². The van der Waals surface area contributed by atoms with Gasteiger partial charge in [0.25, 0.3) is 0 Å². The first-order valence-corrected chi connectivity index (χ1v) is 5.27. The predicted octanol–water partition coefficient (Wildman–Crippen LogP) is 2.02. The Hall–Kier alpha value is -1.38. The molecule has 0 saturated heterocycles. The van der Waals surface area contributed by atoms with Crippen LogP contribution in [0.5, 0.6) is 5.75 Å². The van der Waals surface area contributed by atoms with Crippen LogP contribution in [0.4, 0.5) is 11.4 Å². The Morgan fingerprint density at radius 3 is 2.47 bits per heavy atom. The first-order valence-electron chi connectivity index (χ1n) is 5.27. The number of fused-ring (bicyclic) bond motifs is 1. The van der Waals surface area contributed by atoms with Crippen LogP contribution in [0.25, 0.3) is 0 Å². The van der Waals surface area contributed by atoms with Gasteiger partial charge in [0, 0.05) is 18.3 Å². The first-order chi connectivity index (χ1) is 7.04. The molecule has 0 aliphatic carbocycles. The van der Waals surface area contributed by atoms with Gasteiger partial charge in [-0.15, -0.1) is 0 Å². The fourth-order valence-electron chi connectivity index (χ4n) is 2.16. The third-order valence-electron chi connectivity index (χ3n) is 3.34. The molecule has 0 radical (unpaired) electrons. The highest BCUT2D eigenvalue weighted by Gasteiger charge is 2.22. The minimum atomic E-state index is 0.742. The summed E-state index contributed by atoms with van der Waals surface area (Å²) >= 11 is 0. The van der Waals surface area contributed by atoms with Gasteiger partial charge >= 0.3 is 0 Å². The SMILES string of the molecule is Cc1c(C)c2c(c(C)c1N)OCCN2C. The highest BCUT2D eigenvalue weighted by atomic mass is 16.5. The van der Waals surface area contributed by atoms with E-state index >= 15 is 0 Å². The van der Waals surface area contributed by atoms with Gasteiger partial charge in [-0.3, -0.25) is 0 Å². The van der Waals surface area contributed by atoms with Crippen molar-refractivity contribution < 1.29 is 4.74 Å². The van der Waals surface area contributed by atoms with Crippen molar-refractivity contribution in [2.75, 3.05) is 30.8 Å². The number of nitrogen functional groups attached to an aromatic ring is 1. The van der Waals surface area contributed by atoms with E-state index in [-0.39, 0.29) is 0 Å². The maximum Gasteiger partial charge on any atom is 0.147 e. The number of hydrogen-bond donors (Lipinski definition) is 1. The number of nitrogens with two attached hydrogens (primary N) is 1. The highest BCUT2D eigenvalue weighted by Crippen LogP contribution is 2.42. The number of ether oxygens (including phenoxy) is 1. The molecule has 3 heteroatoms. The van der Waals surface area contributed by atoms with E-state index < -0.39 is 0 Å². The standard InChI is InChI=1S/C12H18N2O/c1-7-8(2)11-12(9(3)10(7)13)15-6-5-14(11)4/h5-6,13H2,1-4H3. The average Bonchev–Trinajstić information content (AvgIpc) is 2.23. The molecule has 0 aromatic heterocycles. The van der Waals surface area contributed by atoms with E-state index in [0.29, 0.717) is 0 Å². The van der Waals surface area contributed by atoms with E-state index in [4.69, 9.17) is 10.5 Å². The van der Waals surface area contributed by atoms with Crippen LogP contribution >= 0.6 is 0 Å². The van der Waals surface area contributed by atoms with E-state index in [1.807, 2.05) is 6.92 Å². The van der Waals surface area contributed by atoms with E-state index in [9.17, 15) is 0 Å². The fraction of sp³-hybridized carbons (Fsp3) is 0.500. The van der Waals surface area contributed by atoms with Crippen LogP contribution in [0.2, 0.25) is 0 Å². The number of likely N-dealkylation sites (N-methyl/N-ethyl adjacent to an activating group) is 1. The first kappa shape index (κ1) is 10.1. The molecule has 0 bridgehead atoms. The molecular formula is C12H18N2O. The van der Waals surface area contributed by atoms with Crippen molar-refractivity contribution >= 4 is 11.4 Å². The van der Waals surface area contributed by atoms with Gasteiger partial charge in [0.15, 0.2) is 0 Å². The molecule has 1 aliphatic heterocycles. The Bertz CT molecular complexity index is 413. The number of benzene rings is 1. The van der Waals surface area contributed by atoms with Crippen molar-refractivity contribution in [3.8, 4) is 5.75 Å². The summed E-state index contributed by atoms with van der Waals surface area (Å²) in [6, 6.07) is 0. The van der Waals surface area contributed by atoms with Gasteiger partial charge < -0.3 is 15.4 Å².